The number of rotatable bonds is 3. The van der Waals surface area contributed by atoms with Crippen molar-refractivity contribution in [2.45, 2.75) is 32.7 Å². The Kier molecular flexibility index (Phi) is 5.61. The third-order valence-corrected chi connectivity index (χ3v) is 5.28. The number of nitrogens with zero attached hydrogens (tertiary/aromatic N) is 3. The van der Waals surface area contributed by atoms with Crippen LogP contribution in [-0.2, 0) is 4.74 Å². The third-order valence-electron chi connectivity index (χ3n) is 5.28. The highest BCUT2D eigenvalue weighted by molar-refractivity contribution is 5.67. The topological polar surface area (TPSA) is 36.0 Å². The number of ether oxygens (including phenoxy) is 1. The summed E-state index contributed by atoms with van der Waals surface area (Å²) in [7, 11) is 0. The smallest absolute Gasteiger partial charge is 0.409 e. The van der Waals surface area contributed by atoms with Gasteiger partial charge in [-0.3, -0.25) is 4.90 Å². The van der Waals surface area contributed by atoms with Gasteiger partial charge in [-0.2, -0.15) is 0 Å². The highest BCUT2D eigenvalue weighted by atomic mass is 16.6. The van der Waals surface area contributed by atoms with Crippen LogP contribution in [0, 0.1) is 6.92 Å². The molecule has 5 nitrogen and oxygen atoms in total. The van der Waals surface area contributed by atoms with Crippen LogP contribution in [0.3, 0.4) is 0 Å². The molecule has 0 aromatic heterocycles. The van der Waals surface area contributed by atoms with E-state index in [1.165, 1.54) is 11.3 Å². The van der Waals surface area contributed by atoms with Crippen molar-refractivity contribution in [2.75, 3.05) is 50.8 Å². The summed E-state index contributed by atoms with van der Waals surface area (Å²) in [6, 6.07) is 9.25. The van der Waals surface area contributed by atoms with Crippen LogP contribution in [0.2, 0.25) is 0 Å². The lowest BCUT2D eigenvalue weighted by Crippen LogP contribution is -2.54. The van der Waals surface area contributed by atoms with Crippen molar-refractivity contribution in [3.05, 3.63) is 29.8 Å². The number of hydrogen-bond donors (Lipinski definition) is 0. The fourth-order valence-corrected chi connectivity index (χ4v) is 3.87. The maximum Gasteiger partial charge on any atom is 0.409 e. The maximum atomic E-state index is 11.8. The zero-order valence-corrected chi connectivity index (χ0v) is 14.9. The monoisotopic (exact) mass is 331 g/mol. The minimum Gasteiger partial charge on any atom is -0.450 e. The van der Waals surface area contributed by atoms with Crippen molar-refractivity contribution in [2.24, 2.45) is 0 Å². The molecule has 0 radical (unpaired) electrons. The van der Waals surface area contributed by atoms with Crippen LogP contribution in [0.5, 0.6) is 0 Å². The van der Waals surface area contributed by atoms with Crippen LogP contribution in [0.15, 0.2) is 24.3 Å². The van der Waals surface area contributed by atoms with Gasteiger partial charge >= 0.3 is 6.09 Å². The van der Waals surface area contributed by atoms with Gasteiger partial charge in [0.25, 0.3) is 0 Å². The van der Waals surface area contributed by atoms with E-state index in [0.717, 1.165) is 52.1 Å². The Hall–Kier alpha value is -1.75. The van der Waals surface area contributed by atoms with E-state index in [0.29, 0.717) is 12.6 Å². The molecule has 2 saturated heterocycles. The van der Waals surface area contributed by atoms with E-state index in [2.05, 4.69) is 41.0 Å². The Morgan fingerprint density at radius 3 is 2.38 bits per heavy atom. The summed E-state index contributed by atoms with van der Waals surface area (Å²) in [5.41, 5.74) is 2.72. The van der Waals surface area contributed by atoms with Gasteiger partial charge in [-0.05, 0) is 38.3 Å². The minimum atomic E-state index is -0.152. The second-order valence-electron chi connectivity index (χ2n) is 6.73. The molecule has 5 heteroatoms. The first-order valence-corrected chi connectivity index (χ1v) is 9.15. The highest BCUT2D eigenvalue weighted by Crippen LogP contribution is 2.23. The van der Waals surface area contributed by atoms with E-state index in [-0.39, 0.29) is 6.09 Å². The molecule has 2 aliphatic heterocycles. The van der Waals surface area contributed by atoms with Gasteiger partial charge in [0.1, 0.15) is 0 Å². The maximum absolute atomic E-state index is 11.8. The summed E-state index contributed by atoms with van der Waals surface area (Å²) < 4.78 is 5.10. The highest BCUT2D eigenvalue weighted by Gasteiger charge is 2.29. The number of likely N-dealkylation sites (tertiary alicyclic amines) is 1. The van der Waals surface area contributed by atoms with Crippen molar-refractivity contribution in [3.8, 4) is 0 Å². The summed E-state index contributed by atoms with van der Waals surface area (Å²) in [4.78, 5) is 18.8. The van der Waals surface area contributed by atoms with E-state index in [9.17, 15) is 4.79 Å². The predicted molar refractivity (Wildman–Crippen MR) is 96.6 cm³/mol. The molecule has 0 aliphatic carbocycles. The number of piperidine rings is 1. The first kappa shape index (κ1) is 17.1. The number of anilines is 1. The van der Waals surface area contributed by atoms with E-state index in [1.54, 1.807) is 0 Å². The molecule has 2 heterocycles. The molecule has 0 unspecified atom stereocenters. The van der Waals surface area contributed by atoms with E-state index >= 15 is 0 Å². The molecule has 1 aromatic rings. The van der Waals surface area contributed by atoms with Crippen LogP contribution in [0.1, 0.15) is 25.3 Å². The molecule has 1 amide bonds. The van der Waals surface area contributed by atoms with Crippen LogP contribution >= 0.6 is 0 Å². The summed E-state index contributed by atoms with van der Waals surface area (Å²) in [6.45, 7) is 10.5. The van der Waals surface area contributed by atoms with Gasteiger partial charge in [0, 0.05) is 51.0 Å². The summed E-state index contributed by atoms with van der Waals surface area (Å²) in [6.07, 6.45) is 1.96. The number of piperazine rings is 1. The van der Waals surface area contributed by atoms with Gasteiger partial charge in [0.2, 0.25) is 0 Å². The summed E-state index contributed by atoms with van der Waals surface area (Å²) in [5, 5.41) is 0. The van der Waals surface area contributed by atoms with Crippen molar-refractivity contribution < 1.29 is 9.53 Å². The number of hydrogen-bond acceptors (Lipinski definition) is 4. The lowest BCUT2D eigenvalue weighted by molar-refractivity contribution is 0.0729. The second-order valence-corrected chi connectivity index (χ2v) is 6.73. The molecule has 0 spiro atoms. The molecule has 0 bridgehead atoms. The quantitative estimate of drug-likeness (QED) is 0.853. The van der Waals surface area contributed by atoms with Crippen molar-refractivity contribution in [1.29, 1.82) is 0 Å². The molecule has 132 valence electrons. The summed E-state index contributed by atoms with van der Waals surface area (Å²) >= 11 is 0. The SMILES string of the molecule is CCOC(=O)N1CCC(N2CCN(c3ccccc3C)CC2)CC1. The molecule has 2 fully saturated rings. The Bertz CT molecular complexity index is 547. The number of aryl methyl sites for hydroxylation is 1. The largest absolute Gasteiger partial charge is 0.450 e. The fraction of sp³-hybridized carbons (Fsp3) is 0.632. The van der Waals surface area contributed by atoms with Gasteiger partial charge < -0.3 is 14.5 Å². The number of amides is 1. The van der Waals surface area contributed by atoms with Crippen molar-refractivity contribution >= 4 is 11.8 Å². The lowest BCUT2D eigenvalue weighted by atomic mass is 10.0. The van der Waals surface area contributed by atoms with E-state index in [4.69, 9.17) is 4.74 Å². The van der Waals surface area contributed by atoms with Gasteiger partial charge in [-0.25, -0.2) is 4.79 Å². The number of carbonyl (C=O) groups is 1. The minimum absolute atomic E-state index is 0.152. The molecule has 3 rings (SSSR count). The van der Waals surface area contributed by atoms with Gasteiger partial charge in [0.15, 0.2) is 0 Å². The first-order valence-electron chi connectivity index (χ1n) is 9.15. The van der Waals surface area contributed by atoms with Crippen LogP contribution in [-0.4, -0.2) is 67.8 Å². The van der Waals surface area contributed by atoms with Crippen LogP contribution < -0.4 is 4.90 Å². The van der Waals surface area contributed by atoms with E-state index < -0.39 is 0 Å². The Labute approximate surface area is 145 Å². The molecule has 0 saturated carbocycles. The number of carbonyl (C=O) groups excluding carboxylic acids is 1. The lowest BCUT2D eigenvalue weighted by Gasteiger charge is -2.43. The zero-order chi connectivity index (χ0) is 16.9. The molecule has 2 aliphatic rings. The average molecular weight is 331 g/mol. The molecule has 0 N–H and O–H groups in total. The van der Waals surface area contributed by atoms with Gasteiger partial charge in [-0.1, -0.05) is 18.2 Å². The Morgan fingerprint density at radius 2 is 1.75 bits per heavy atom. The van der Waals surface area contributed by atoms with Crippen LogP contribution in [0.25, 0.3) is 0 Å². The summed E-state index contributed by atoms with van der Waals surface area (Å²) in [5.74, 6) is 0. The van der Waals surface area contributed by atoms with Crippen molar-refractivity contribution in [1.82, 2.24) is 9.80 Å². The van der Waals surface area contributed by atoms with Gasteiger partial charge in [0.05, 0.1) is 6.61 Å². The number of benzene rings is 1. The van der Waals surface area contributed by atoms with Crippen molar-refractivity contribution in [3.63, 3.8) is 0 Å². The first-order chi connectivity index (χ1) is 11.7. The molecule has 0 atom stereocenters. The Balaban J connectivity index is 1.48. The zero-order valence-electron chi connectivity index (χ0n) is 14.9. The normalized spacial score (nSPS) is 20.2. The molecular weight excluding hydrogens is 302 g/mol. The average Bonchev–Trinajstić information content (AvgIpc) is 2.63. The van der Waals surface area contributed by atoms with Gasteiger partial charge in [-0.15, -0.1) is 0 Å². The number of para-hydroxylation sites is 1. The molecule has 1 aromatic carbocycles. The standard InChI is InChI=1S/C19H29N3O2/c1-3-24-19(23)22-10-8-17(9-11-22)20-12-14-21(15-13-20)18-7-5-4-6-16(18)2/h4-7,17H,3,8-15H2,1-2H3. The third kappa shape index (κ3) is 3.83. The van der Waals surface area contributed by atoms with Crippen LogP contribution in [0.4, 0.5) is 10.5 Å². The second kappa shape index (κ2) is 7.88. The predicted octanol–water partition coefficient (Wildman–Crippen LogP) is 2.74. The van der Waals surface area contributed by atoms with E-state index in [1.807, 2.05) is 11.8 Å². The molecule has 24 heavy (non-hydrogen) atoms. The fourth-order valence-electron chi connectivity index (χ4n) is 3.87. The Morgan fingerprint density at radius 1 is 1.08 bits per heavy atom. The molecular formula is C19H29N3O2.